The minimum atomic E-state index is 0.440. The van der Waals surface area contributed by atoms with Crippen molar-refractivity contribution >= 4 is 49.3 Å². The molecule has 0 radical (unpaired) electrons. The van der Waals surface area contributed by atoms with Crippen molar-refractivity contribution in [3.63, 3.8) is 0 Å². The van der Waals surface area contributed by atoms with Crippen LogP contribution < -0.4 is 5.32 Å². The number of anilines is 1. The molecule has 2 nitrogen and oxygen atoms in total. The molecule has 4 heteroatoms. The molecule has 2 aromatic rings. The zero-order valence-corrected chi connectivity index (χ0v) is 14.7. The van der Waals surface area contributed by atoms with Crippen molar-refractivity contribution in [2.75, 3.05) is 11.1 Å². The summed E-state index contributed by atoms with van der Waals surface area (Å²) in [5, 5.41) is 7.03. The van der Waals surface area contributed by atoms with Gasteiger partial charge < -0.3 is 5.32 Å². The highest BCUT2D eigenvalue weighted by atomic mass is 79.9. The van der Waals surface area contributed by atoms with Gasteiger partial charge in [-0.3, -0.25) is 4.99 Å². The lowest BCUT2D eigenvalue weighted by Crippen LogP contribution is -2.23. The highest BCUT2D eigenvalue weighted by Gasteiger charge is 2.19. The maximum absolute atomic E-state index is 4.86. The second-order valence-corrected chi connectivity index (χ2v) is 7.59. The SMILES string of the molecule is CC(C)C1CCSC(Nc2ccc(Br)c3ccccc23)=N1. The summed E-state index contributed by atoms with van der Waals surface area (Å²) in [6, 6.07) is 13.1. The third-order valence-electron chi connectivity index (χ3n) is 3.82. The normalized spacial score (nSPS) is 18.9. The minimum Gasteiger partial charge on any atom is -0.334 e. The minimum absolute atomic E-state index is 0.440. The topological polar surface area (TPSA) is 24.4 Å². The van der Waals surface area contributed by atoms with Crippen LogP contribution in [-0.2, 0) is 0 Å². The summed E-state index contributed by atoms with van der Waals surface area (Å²) in [7, 11) is 0. The standard InChI is InChI=1S/C17H19BrN2S/c1-11(2)15-9-10-21-17(19-15)20-16-8-7-14(18)12-5-3-4-6-13(12)16/h3-8,11,15H,9-10H2,1-2H3,(H,19,20). The van der Waals surface area contributed by atoms with Crippen LogP contribution in [0.1, 0.15) is 20.3 Å². The van der Waals surface area contributed by atoms with E-state index in [9.17, 15) is 0 Å². The van der Waals surface area contributed by atoms with E-state index in [0.29, 0.717) is 12.0 Å². The van der Waals surface area contributed by atoms with Crippen LogP contribution in [-0.4, -0.2) is 17.0 Å². The predicted octanol–water partition coefficient (Wildman–Crippen LogP) is 5.53. The summed E-state index contributed by atoms with van der Waals surface area (Å²) in [6.45, 7) is 4.49. The largest absolute Gasteiger partial charge is 0.334 e. The first-order valence-corrected chi connectivity index (χ1v) is 9.08. The highest BCUT2D eigenvalue weighted by Crippen LogP contribution is 2.31. The number of halogens is 1. The Morgan fingerprint density at radius 2 is 1.95 bits per heavy atom. The van der Waals surface area contributed by atoms with E-state index in [2.05, 4.69) is 71.5 Å². The average molecular weight is 363 g/mol. The Hall–Kier alpha value is -1.00. The van der Waals surface area contributed by atoms with Gasteiger partial charge >= 0.3 is 0 Å². The van der Waals surface area contributed by atoms with E-state index in [1.807, 2.05) is 11.8 Å². The van der Waals surface area contributed by atoms with E-state index in [1.54, 1.807) is 0 Å². The second-order valence-electron chi connectivity index (χ2n) is 5.65. The number of thioether (sulfide) groups is 1. The van der Waals surface area contributed by atoms with Crippen molar-refractivity contribution in [1.82, 2.24) is 0 Å². The lowest BCUT2D eigenvalue weighted by Gasteiger charge is -2.23. The first kappa shape index (κ1) is 14.9. The molecule has 0 bridgehead atoms. The Bertz CT molecular complexity index is 682. The highest BCUT2D eigenvalue weighted by molar-refractivity contribution is 9.10. The Balaban J connectivity index is 1.93. The molecule has 1 N–H and O–H groups in total. The van der Waals surface area contributed by atoms with Crippen molar-refractivity contribution in [1.29, 1.82) is 0 Å². The Labute approximate surface area is 138 Å². The molecule has 0 fully saturated rings. The number of nitrogens with one attached hydrogen (secondary N) is 1. The summed E-state index contributed by atoms with van der Waals surface area (Å²) in [6.07, 6.45) is 1.18. The Morgan fingerprint density at radius 1 is 1.19 bits per heavy atom. The van der Waals surface area contributed by atoms with Crippen LogP contribution in [0.3, 0.4) is 0 Å². The van der Waals surface area contributed by atoms with Gasteiger partial charge in [-0.25, -0.2) is 0 Å². The number of hydrogen-bond acceptors (Lipinski definition) is 3. The van der Waals surface area contributed by atoms with Gasteiger partial charge in [-0.2, -0.15) is 0 Å². The molecule has 1 heterocycles. The fourth-order valence-electron chi connectivity index (χ4n) is 2.57. The third kappa shape index (κ3) is 3.27. The maximum Gasteiger partial charge on any atom is 0.161 e. The molecule has 0 amide bonds. The molecule has 21 heavy (non-hydrogen) atoms. The van der Waals surface area contributed by atoms with Crippen molar-refractivity contribution < 1.29 is 0 Å². The monoisotopic (exact) mass is 362 g/mol. The van der Waals surface area contributed by atoms with E-state index in [-0.39, 0.29) is 0 Å². The van der Waals surface area contributed by atoms with Crippen molar-refractivity contribution in [3.8, 4) is 0 Å². The van der Waals surface area contributed by atoms with Gasteiger partial charge in [0.1, 0.15) is 0 Å². The van der Waals surface area contributed by atoms with Crippen LogP contribution in [0, 0.1) is 5.92 Å². The number of amidine groups is 1. The number of aliphatic imine (C=N–C) groups is 1. The van der Waals surface area contributed by atoms with E-state index in [4.69, 9.17) is 4.99 Å². The van der Waals surface area contributed by atoms with Gasteiger partial charge in [0, 0.05) is 21.3 Å². The molecular formula is C17H19BrN2S. The molecule has 1 unspecified atom stereocenters. The maximum atomic E-state index is 4.86. The van der Waals surface area contributed by atoms with E-state index < -0.39 is 0 Å². The second kappa shape index (κ2) is 6.41. The summed E-state index contributed by atoms with van der Waals surface area (Å²) < 4.78 is 1.13. The van der Waals surface area contributed by atoms with Crippen LogP contribution >= 0.6 is 27.7 Å². The van der Waals surface area contributed by atoms with Gasteiger partial charge in [0.05, 0.1) is 6.04 Å². The summed E-state index contributed by atoms with van der Waals surface area (Å²) >= 11 is 5.44. The lowest BCUT2D eigenvalue weighted by atomic mass is 10.0. The molecule has 0 saturated carbocycles. The van der Waals surface area contributed by atoms with E-state index >= 15 is 0 Å². The summed E-state index contributed by atoms with van der Waals surface area (Å²) in [4.78, 5) is 4.86. The van der Waals surface area contributed by atoms with Gasteiger partial charge in [0.25, 0.3) is 0 Å². The van der Waals surface area contributed by atoms with Gasteiger partial charge in [-0.05, 0) is 29.9 Å². The Kier molecular flexibility index (Phi) is 4.55. The molecule has 3 rings (SSSR count). The van der Waals surface area contributed by atoms with Crippen molar-refractivity contribution in [2.24, 2.45) is 10.9 Å². The zero-order chi connectivity index (χ0) is 14.8. The smallest absolute Gasteiger partial charge is 0.161 e. The molecule has 0 saturated heterocycles. The van der Waals surface area contributed by atoms with Crippen LogP contribution in [0.15, 0.2) is 45.9 Å². The van der Waals surface area contributed by atoms with Crippen LogP contribution in [0.2, 0.25) is 0 Å². The van der Waals surface area contributed by atoms with Gasteiger partial charge in [-0.1, -0.05) is 65.8 Å². The molecule has 0 aliphatic carbocycles. The number of benzene rings is 2. The van der Waals surface area contributed by atoms with Gasteiger partial charge in [-0.15, -0.1) is 0 Å². The molecule has 2 aromatic carbocycles. The fourth-order valence-corrected chi connectivity index (χ4v) is 3.99. The molecule has 1 aliphatic heterocycles. The first-order valence-electron chi connectivity index (χ1n) is 7.30. The molecule has 110 valence electrons. The lowest BCUT2D eigenvalue weighted by molar-refractivity contribution is 0.485. The molecule has 1 atom stereocenters. The Morgan fingerprint density at radius 3 is 2.71 bits per heavy atom. The quantitative estimate of drug-likeness (QED) is 0.758. The van der Waals surface area contributed by atoms with Gasteiger partial charge in [0.15, 0.2) is 5.17 Å². The molecule has 0 spiro atoms. The van der Waals surface area contributed by atoms with Crippen molar-refractivity contribution in [2.45, 2.75) is 26.3 Å². The van der Waals surface area contributed by atoms with E-state index in [1.165, 1.54) is 17.2 Å². The van der Waals surface area contributed by atoms with E-state index in [0.717, 1.165) is 21.1 Å². The molecule has 1 aliphatic rings. The number of hydrogen-bond donors (Lipinski definition) is 1. The van der Waals surface area contributed by atoms with Crippen LogP contribution in [0.5, 0.6) is 0 Å². The fraction of sp³-hybridized carbons (Fsp3) is 0.353. The molecule has 0 aromatic heterocycles. The summed E-state index contributed by atoms with van der Waals surface area (Å²) in [5.41, 5.74) is 1.13. The average Bonchev–Trinajstić information content (AvgIpc) is 2.51. The zero-order valence-electron chi connectivity index (χ0n) is 12.3. The number of rotatable bonds is 2. The summed E-state index contributed by atoms with van der Waals surface area (Å²) in [5.74, 6) is 1.74. The third-order valence-corrected chi connectivity index (χ3v) is 5.43. The number of fused-ring (bicyclic) bond motifs is 1. The first-order chi connectivity index (χ1) is 10.1. The van der Waals surface area contributed by atoms with Crippen molar-refractivity contribution in [3.05, 3.63) is 40.9 Å². The molecular weight excluding hydrogens is 344 g/mol. The number of nitrogens with zero attached hydrogens (tertiary/aromatic N) is 1. The van der Waals surface area contributed by atoms with Gasteiger partial charge in [0.2, 0.25) is 0 Å². The van der Waals surface area contributed by atoms with Crippen LogP contribution in [0.4, 0.5) is 5.69 Å². The predicted molar refractivity (Wildman–Crippen MR) is 98.4 cm³/mol. The van der Waals surface area contributed by atoms with Crippen LogP contribution in [0.25, 0.3) is 10.8 Å².